The molecule has 3 N–H and O–H groups in total. The number of hydrogen-bond donors (Lipinski definition) is 2. The lowest BCUT2D eigenvalue weighted by Gasteiger charge is -2.15. The van der Waals surface area contributed by atoms with Crippen LogP contribution in [0.4, 0.5) is 0 Å². The normalized spacial score (nSPS) is 11.1. The average molecular weight is 319 g/mol. The fraction of sp³-hybridized carbons (Fsp3) is 0.500. The molecule has 120 valence electrons. The zero-order valence-electron chi connectivity index (χ0n) is 12.8. The van der Waals surface area contributed by atoms with E-state index in [4.69, 9.17) is 19.9 Å². The predicted molar refractivity (Wildman–Crippen MR) is 83.7 cm³/mol. The van der Waals surface area contributed by atoms with Gasteiger partial charge >= 0.3 is 0 Å². The molecule has 1 aromatic carbocycles. The number of rotatable bonds is 7. The molecule has 0 radical (unpaired) electrons. The van der Waals surface area contributed by atoms with Crippen LogP contribution in [0.25, 0.3) is 0 Å². The van der Waals surface area contributed by atoms with Crippen molar-refractivity contribution in [1.29, 1.82) is 0 Å². The number of amides is 1. The van der Waals surface area contributed by atoms with Crippen LogP contribution in [0.1, 0.15) is 12.5 Å². The summed E-state index contributed by atoms with van der Waals surface area (Å²) in [6, 6.07) is 3.05. The minimum atomic E-state index is -0.519. The van der Waals surface area contributed by atoms with Crippen molar-refractivity contribution in [3.63, 3.8) is 0 Å². The first kappa shape index (κ1) is 19.3. The molecule has 1 amide bonds. The number of ether oxygens (including phenoxy) is 3. The van der Waals surface area contributed by atoms with Gasteiger partial charge in [0, 0.05) is 24.2 Å². The first-order valence-corrected chi connectivity index (χ1v) is 6.35. The molecule has 0 aromatic heterocycles. The van der Waals surface area contributed by atoms with E-state index < -0.39 is 6.04 Å². The topological polar surface area (TPSA) is 82.8 Å². The van der Waals surface area contributed by atoms with Crippen molar-refractivity contribution in [2.45, 2.75) is 19.4 Å². The maximum atomic E-state index is 11.4. The second-order valence-electron chi connectivity index (χ2n) is 4.34. The molecule has 0 aliphatic rings. The standard InChI is InChI=1S/C14H22N2O4.ClH/c1-9(15)14(17)16-6-5-11-12(19-3)7-10(18-2)8-13(11)20-4;/h7-9H,5-6,15H2,1-4H3,(H,16,17);1H/t9-;/m1./s1. The SMILES string of the molecule is COc1cc(OC)c(CCNC(=O)[C@@H](C)N)c(OC)c1.Cl. The highest BCUT2D eigenvalue weighted by Crippen LogP contribution is 2.34. The van der Waals surface area contributed by atoms with Crippen LogP contribution >= 0.6 is 12.4 Å². The summed E-state index contributed by atoms with van der Waals surface area (Å²) in [4.78, 5) is 11.4. The summed E-state index contributed by atoms with van der Waals surface area (Å²) in [5.74, 6) is 1.80. The van der Waals surface area contributed by atoms with Gasteiger partial charge in [-0.3, -0.25) is 4.79 Å². The summed E-state index contributed by atoms with van der Waals surface area (Å²) in [5.41, 5.74) is 6.36. The molecule has 0 saturated carbocycles. The molecule has 0 saturated heterocycles. The monoisotopic (exact) mass is 318 g/mol. The highest BCUT2D eigenvalue weighted by molar-refractivity contribution is 5.85. The fourth-order valence-corrected chi connectivity index (χ4v) is 1.80. The molecule has 0 unspecified atom stereocenters. The number of hydrogen-bond acceptors (Lipinski definition) is 5. The van der Waals surface area contributed by atoms with Crippen molar-refractivity contribution in [3.05, 3.63) is 17.7 Å². The number of benzene rings is 1. The smallest absolute Gasteiger partial charge is 0.236 e. The van der Waals surface area contributed by atoms with Crippen LogP contribution in [-0.4, -0.2) is 39.8 Å². The molecule has 0 bridgehead atoms. The molecule has 0 aliphatic heterocycles. The van der Waals surface area contributed by atoms with Gasteiger partial charge in [0.25, 0.3) is 0 Å². The van der Waals surface area contributed by atoms with Crippen molar-refractivity contribution in [1.82, 2.24) is 5.32 Å². The van der Waals surface area contributed by atoms with Crippen molar-refractivity contribution < 1.29 is 19.0 Å². The Bertz CT molecular complexity index is 441. The van der Waals surface area contributed by atoms with E-state index >= 15 is 0 Å². The maximum Gasteiger partial charge on any atom is 0.236 e. The van der Waals surface area contributed by atoms with E-state index in [1.54, 1.807) is 40.4 Å². The Morgan fingerprint density at radius 2 is 1.71 bits per heavy atom. The van der Waals surface area contributed by atoms with Gasteiger partial charge in [-0.15, -0.1) is 12.4 Å². The number of methoxy groups -OCH3 is 3. The van der Waals surface area contributed by atoms with Crippen LogP contribution < -0.4 is 25.3 Å². The third kappa shape index (κ3) is 5.32. The van der Waals surface area contributed by atoms with E-state index in [1.807, 2.05) is 0 Å². The van der Waals surface area contributed by atoms with Crippen LogP contribution in [-0.2, 0) is 11.2 Å². The third-order valence-corrected chi connectivity index (χ3v) is 2.90. The lowest BCUT2D eigenvalue weighted by Crippen LogP contribution is -2.39. The van der Waals surface area contributed by atoms with Crippen LogP contribution in [0.5, 0.6) is 17.2 Å². The fourth-order valence-electron chi connectivity index (χ4n) is 1.80. The Morgan fingerprint density at radius 3 is 2.10 bits per heavy atom. The third-order valence-electron chi connectivity index (χ3n) is 2.90. The van der Waals surface area contributed by atoms with Gasteiger partial charge in [0.2, 0.25) is 5.91 Å². The molecule has 0 heterocycles. The second kappa shape index (κ2) is 9.31. The van der Waals surface area contributed by atoms with Gasteiger partial charge in [0.1, 0.15) is 17.2 Å². The predicted octanol–water partition coefficient (Wildman–Crippen LogP) is 1.14. The summed E-state index contributed by atoms with van der Waals surface area (Å²) in [6.07, 6.45) is 0.578. The lowest BCUT2D eigenvalue weighted by molar-refractivity contribution is -0.121. The van der Waals surface area contributed by atoms with Gasteiger partial charge in [-0.25, -0.2) is 0 Å². The average Bonchev–Trinajstić information content (AvgIpc) is 2.46. The minimum absolute atomic E-state index is 0. The van der Waals surface area contributed by atoms with Crippen LogP contribution in [0.3, 0.4) is 0 Å². The first-order chi connectivity index (χ1) is 9.53. The number of nitrogens with two attached hydrogens (primary N) is 1. The molecule has 1 atom stereocenters. The van der Waals surface area contributed by atoms with E-state index in [0.29, 0.717) is 30.2 Å². The van der Waals surface area contributed by atoms with E-state index in [-0.39, 0.29) is 18.3 Å². The van der Waals surface area contributed by atoms with Crippen molar-refractivity contribution >= 4 is 18.3 Å². The molecular weight excluding hydrogens is 296 g/mol. The molecule has 1 aromatic rings. The van der Waals surface area contributed by atoms with Gasteiger partial charge in [-0.2, -0.15) is 0 Å². The number of carbonyl (C=O) groups excluding carboxylic acids is 1. The quantitative estimate of drug-likeness (QED) is 0.788. The Balaban J connectivity index is 0.00000400. The van der Waals surface area contributed by atoms with Gasteiger partial charge in [0.05, 0.1) is 27.4 Å². The molecule has 0 aliphatic carbocycles. The molecule has 6 nitrogen and oxygen atoms in total. The molecule has 1 rings (SSSR count). The maximum absolute atomic E-state index is 11.4. The number of carbonyl (C=O) groups is 1. The highest BCUT2D eigenvalue weighted by atomic mass is 35.5. The zero-order valence-corrected chi connectivity index (χ0v) is 13.6. The Labute approximate surface area is 131 Å². The highest BCUT2D eigenvalue weighted by Gasteiger charge is 2.14. The lowest BCUT2D eigenvalue weighted by atomic mass is 10.1. The Morgan fingerprint density at radius 1 is 1.19 bits per heavy atom. The largest absolute Gasteiger partial charge is 0.496 e. The van der Waals surface area contributed by atoms with Gasteiger partial charge in [0.15, 0.2) is 0 Å². The number of halogens is 1. The zero-order chi connectivity index (χ0) is 15.1. The van der Waals surface area contributed by atoms with Crippen LogP contribution in [0.2, 0.25) is 0 Å². The summed E-state index contributed by atoms with van der Waals surface area (Å²) >= 11 is 0. The van der Waals surface area contributed by atoms with Crippen LogP contribution in [0.15, 0.2) is 12.1 Å². The summed E-state index contributed by atoms with van der Waals surface area (Å²) in [6.45, 7) is 2.10. The molecule has 21 heavy (non-hydrogen) atoms. The van der Waals surface area contributed by atoms with Crippen molar-refractivity contribution in [2.75, 3.05) is 27.9 Å². The first-order valence-electron chi connectivity index (χ1n) is 6.35. The van der Waals surface area contributed by atoms with Gasteiger partial charge in [-0.05, 0) is 13.3 Å². The molecule has 7 heteroatoms. The molecule has 0 spiro atoms. The number of nitrogens with one attached hydrogen (secondary N) is 1. The van der Waals surface area contributed by atoms with Gasteiger partial charge < -0.3 is 25.3 Å². The second-order valence-corrected chi connectivity index (χ2v) is 4.34. The van der Waals surface area contributed by atoms with E-state index in [2.05, 4.69) is 5.32 Å². The summed E-state index contributed by atoms with van der Waals surface area (Å²) in [7, 11) is 4.74. The van der Waals surface area contributed by atoms with E-state index in [9.17, 15) is 4.79 Å². The summed E-state index contributed by atoms with van der Waals surface area (Å²) in [5, 5.41) is 2.76. The van der Waals surface area contributed by atoms with Gasteiger partial charge in [-0.1, -0.05) is 0 Å². The van der Waals surface area contributed by atoms with Crippen molar-refractivity contribution in [2.24, 2.45) is 5.73 Å². The van der Waals surface area contributed by atoms with E-state index in [0.717, 1.165) is 5.56 Å². The Hall–Kier alpha value is -1.66. The van der Waals surface area contributed by atoms with Crippen molar-refractivity contribution in [3.8, 4) is 17.2 Å². The summed E-state index contributed by atoms with van der Waals surface area (Å²) < 4.78 is 15.9. The minimum Gasteiger partial charge on any atom is -0.496 e. The van der Waals surface area contributed by atoms with E-state index in [1.165, 1.54) is 0 Å². The molecule has 0 fully saturated rings. The van der Waals surface area contributed by atoms with Crippen LogP contribution in [0, 0.1) is 0 Å². The Kier molecular flexibility index (Phi) is 8.57. The molecular formula is C14H23ClN2O4.